The number of aryl methyl sites for hydroxylation is 1. The van der Waals surface area contributed by atoms with Crippen LogP contribution in [0.4, 0.5) is 19.5 Å². The highest BCUT2D eigenvalue weighted by molar-refractivity contribution is 5.87. The van der Waals surface area contributed by atoms with Crippen LogP contribution in [0.3, 0.4) is 0 Å². The van der Waals surface area contributed by atoms with Gasteiger partial charge in [0.15, 0.2) is 0 Å². The molecular formula is C12H14F2N6O. The fourth-order valence-corrected chi connectivity index (χ4v) is 1.74. The average Bonchev–Trinajstić information content (AvgIpc) is 2.85. The third-order valence-corrected chi connectivity index (χ3v) is 3.04. The molecule has 2 rings (SSSR count). The van der Waals surface area contributed by atoms with Crippen LogP contribution in [0.15, 0.2) is 18.2 Å². The lowest BCUT2D eigenvalue weighted by Crippen LogP contribution is -2.34. The molecule has 21 heavy (non-hydrogen) atoms. The van der Waals surface area contributed by atoms with E-state index >= 15 is 0 Å². The quantitative estimate of drug-likeness (QED) is 0.935. The van der Waals surface area contributed by atoms with Crippen molar-refractivity contribution < 1.29 is 13.6 Å². The number of halogens is 2. The molecule has 1 atom stereocenters. The molecule has 0 bridgehead atoms. The molecule has 1 heterocycles. The Morgan fingerprint density at radius 3 is 2.76 bits per heavy atom. The number of benzene rings is 1. The number of carbonyl (C=O) groups excluding carboxylic acids is 1. The van der Waals surface area contributed by atoms with Gasteiger partial charge < -0.3 is 4.90 Å². The maximum absolute atomic E-state index is 13.7. The summed E-state index contributed by atoms with van der Waals surface area (Å²) in [5.41, 5.74) is 0.0831. The number of urea groups is 1. The number of nitrogens with zero attached hydrogens (tertiary/aromatic N) is 5. The van der Waals surface area contributed by atoms with Crippen molar-refractivity contribution in [3.05, 3.63) is 35.4 Å². The zero-order valence-electron chi connectivity index (χ0n) is 11.7. The minimum Gasteiger partial charge on any atom is -0.321 e. The SMILES string of the molecule is CC(c1cc(F)ccc1F)N(C)C(=O)Nc1nnn(C)n1. The monoisotopic (exact) mass is 296 g/mol. The molecule has 0 saturated carbocycles. The number of hydrogen-bond acceptors (Lipinski definition) is 4. The normalized spacial score (nSPS) is 12.0. The largest absolute Gasteiger partial charge is 0.324 e. The highest BCUT2D eigenvalue weighted by atomic mass is 19.1. The second-order valence-electron chi connectivity index (χ2n) is 4.49. The van der Waals surface area contributed by atoms with E-state index in [9.17, 15) is 13.6 Å². The Morgan fingerprint density at radius 2 is 2.14 bits per heavy atom. The van der Waals surface area contributed by atoms with Crippen molar-refractivity contribution in [1.82, 2.24) is 25.1 Å². The summed E-state index contributed by atoms with van der Waals surface area (Å²) in [5, 5.41) is 13.4. The summed E-state index contributed by atoms with van der Waals surface area (Å²) < 4.78 is 26.9. The van der Waals surface area contributed by atoms with Gasteiger partial charge in [0.05, 0.1) is 13.1 Å². The van der Waals surface area contributed by atoms with Gasteiger partial charge >= 0.3 is 6.03 Å². The molecule has 0 aliphatic rings. The molecule has 1 aromatic heterocycles. The van der Waals surface area contributed by atoms with Crippen LogP contribution >= 0.6 is 0 Å². The fraction of sp³-hybridized carbons (Fsp3) is 0.333. The lowest BCUT2D eigenvalue weighted by atomic mass is 10.1. The number of tetrazole rings is 1. The second-order valence-corrected chi connectivity index (χ2v) is 4.49. The molecule has 0 aliphatic heterocycles. The zero-order valence-corrected chi connectivity index (χ0v) is 11.7. The van der Waals surface area contributed by atoms with Crippen LogP contribution in [0, 0.1) is 11.6 Å². The minimum absolute atomic E-state index is 0.0289. The first-order valence-electron chi connectivity index (χ1n) is 6.11. The maximum atomic E-state index is 13.7. The zero-order chi connectivity index (χ0) is 15.6. The third kappa shape index (κ3) is 3.30. The number of nitrogens with one attached hydrogen (secondary N) is 1. The molecule has 1 N–H and O–H groups in total. The predicted octanol–water partition coefficient (Wildman–Crippen LogP) is 1.71. The second kappa shape index (κ2) is 5.81. The summed E-state index contributed by atoms with van der Waals surface area (Å²) >= 11 is 0. The van der Waals surface area contributed by atoms with E-state index in [-0.39, 0.29) is 11.5 Å². The number of aromatic nitrogens is 4. The van der Waals surface area contributed by atoms with Gasteiger partial charge in [0, 0.05) is 12.6 Å². The van der Waals surface area contributed by atoms with Crippen molar-refractivity contribution in [2.24, 2.45) is 7.05 Å². The van der Waals surface area contributed by atoms with Crippen LogP contribution in [0.1, 0.15) is 18.5 Å². The first-order valence-corrected chi connectivity index (χ1v) is 6.11. The Balaban J connectivity index is 2.12. The summed E-state index contributed by atoms with van der Waals surface area (Å²) in [7, 11) is 3.01. The van der Waals surface area contributed by atoms with Crippen molar-refractivity contribution >= 4 is 12.0 Å². The number of carbonyl (C=O) groups is 1. The first-order chi connectivity index (χ1) is 9.88. The highest BCUT2D eigenvalue weighted by Gasteiger charge is 2.21. The van der Waals surface area contributed by atoms with Gasteiger partial charge in [-0.3, -0.25) is 5.32 Å². The molecule has 9 heteroatoms. The lowest BCUT2D eigenvalue weighted by Gasteiger charge is -2.25. The van der Waals surface area contributed by atoms with Gasteiger partial charge in [0.2, 0.25) is 0 Å². The minimum atomic E-state index is -0.669. The molecule has 1 aromatic carbocycles. The highest BCUT2D eigenvalue weighted by Crippen LogP contribution is 2.23. The van der Waals surface area contributed by atoms with Gasteiger partial charge in [0.1, 0.15) is 11.6 Å². The van der Waals surface area contributed by atoms with Crippen LogP contribution in [-0.4, -0.2) is 38.2 Å². The van der Waals surface area contributed by atoms with E-state index in [0.29, 0.717) is 0 Å². The van der Waals surface area contributed by atoms with Crippen molar-refractivity contribution in [1.29, 1.82) is 0 Å². The average molecular weight is 296 g/mol. The Morgan fingerprint density at radius 1 is 1.43 bits per heavy atom. The molecule has 112 valence electrons. The van der Waals surface area contributed by atoms with E-state index in [1.165, 1.54) is 16.7 Å². The fourth-order valence-electron chi connectivity index (χ4n) is 1.74. The van der Waals surface area contributed by atoms with E-state index in [2.05, 4.69) is 20.7 Å². The Hall–Kier alpha value is -2.58. The molecule has 7 nitrogen and oxygen atoms in total. The number of anilines is 1. The summed E-state index contributed by atoms with van der Waals surface area (Å²) in [6.45, 7) is 1.58. The topological polar surface area (TPSA) is 75.9 Å². The first kappa shape index (κ1) is 14.8. The van der Waals surface area contributed by atoms with E-state index in [1.54, 1.807) is 14.0 Å². The standard InChI is InChI=1S/C12H14F2N6O/c1-7(9-6-8(13)4-5-10(9)14)19(2)12(21)15-11-16-18-20(3)17-11/h4-7H,1-3H3,(H,15,17,21). The molecule has 0 radical (unpaired) electrons. The van der Waals surface area contributed by atoms with Crippen LogP contribution in [0.5, 0.6) is 0 Å². The Labute approximate surface area is 119 Å². The number of amides is 2. The van der Waals surface area contributed by atoms with Gasteiger partial charge in [-0.05, 0) is 30.3 Å². The van der Waals surface area contributed by atoms with Crippen LogP contribution in [0.25, 0.3) is 0 Å². The van der Waals surface area contributed by atoms with Crippen molar-refractivity contribution in [3.63, 3.8) is 0 Å². The number of rotatable bonds is 3. The maximum Gasteiger partial charge on any atom is 0.324 e. The van der Waals surface area contributed by atoms with Gasteiger partial charge in [-0.25, -0.2) is 13.6 Å². The van der Waals surface area contributed by atoms with Gasteiger partial charge in [-0.15, -0.1) is 5.10 Å². The van der Waals surface area contributed by atoms with Crippen molar-refractivity contribution in [3.8, 4) is 0 Å². The summed E-state index contributed by atoms with van der Waals surface area (Å²) in [6, 6.07) is 1.88. The third-order valence-electron chi connectivity index (χ3n) is 3.04. The van der Waals surface area contributed by atoms with Crippen LogP contribution < -0.4 is 5.32 Å². The van der Waals surface area contributed by atoms with Crippen molar-refractivity contribution in [2.75, 3.05) is 12.4 Å². The van der Waals surface area contributed by atoms with E-state index < -0.39 is 23.7 Å². The molecule has 1 unspecified atom stereocenters. The molecule has 2 amide bonds. The Bertz CT molecular complexity index is 659. The lowest BCUT2D eigenvalue weighted by molar-refractivity contribution is 0.207. The van der Waals surface area contributed by atoms with Crippen molar-refractivity contribution in [2.45, 2.75) is 13.0 Å². The molecule has 0 saturated heterocycles. The Kier molecular flexibility index (Phi) is 4.10. The van der Waals surface area contributed by atoms with E-state index in [4.69, 9.17) is 0 Å². The molecule has 0 fully saturated rings. The van der Waals surface area contributed by atoms with Gasteiger partial charge in [0.25, 0.3) is 5.95 Å². The summed E-state index contributed by atoms with van der Waals surface area (Å²) in [4.78, 5) is 14.4. The van der Waals surface area contributed by atoms with Crippen LogP contribution in [0.2, 0.25) is 0 Å². The predicted molar refractivity (Wildman–Crippen MR) is 70.4 cm³/mol. The van der Waals surface area contributed by atoms with Gasteiger partial charge in [-0.1, -0.05) is 5.10 Å². The number of hydrogen-bond donors (Lipinski definition) is 1. The van der Waals surface area contributed by atoms with Crippen LogP contribution in [-0.2, 0) is 7.05 Å². The molecule has 0 spiro atoms. The molecule has 2 aromatic rings. The molecular weight excluding hydrogens is 282 g/mol. The molecule has 0 aliphatic carbocycles. The van der Waals surface area contributed by atoms with E-state index in [1.807, 2.05) is 0 Å². The van der Waals surface area contributed by atoms with E-state index in [0.717, 1.165) is 18.2 Å². The summed E-state index contributed by atoms with van der Waals surface area (Å²) in [6.07, 6.45) is 0. The summed E-state index contributed by atoms with van der Waals surface area (Å²) in [5.74, 6) is -1.12. The van der Waals surface area contributed by atoms with Gasteiger partial charge in [-0.2, -0.15) is 4.80 Å². The smallest absolute Gasteiger partial charge is 0.321 e.